The molecule has 2 fully saturated rings. The second-order valence-corrected chi connectivity index (χ2v) is 15.5. The van der Waals surface area contributed by atoms with Crippen LogP contribution in [-0.4, -0.2) is 120 Å². The molecule has 0 aliphatic carbocycles. The van der Waals surface area contributed by atoms with Crippen LogP contribution in [0.3, 0.4) is 0 Å². The van der Waals surface area contributed by atoms with Crippen LogP contribution in [0.2, 0.25) is 0 Å². The lowest BCUT2D eigenvalue weighted by atomic mass is 9.93. The number of benzene rings is 2. The number of carbonyl (C=O) groups excluding carboxylic acids is 5. The highest BCUT2D eigenvalue weighted by Crippen LogP contribution is 2.30. The fourth-order valence-electron chi connectivity index (χ4n) is 6.68. The number of aliphatic hydroxyl groups is 1. The third-order valence-corrected chi connectivity index (χ3v) is 9.83. The minimum absolute atomic E-state index is 0.0787. The summed E-state index contributed by atoms with van der Waals surface area (Å²) in [5.74, 6) is -2.34. The van der Waals surface area contributed by atoms with Crippen LogP contribution in [0.5, 0.6) is 0 Å². The van der Waals surface area contributed by atoms with Gasteiger partial charge in [-0.3, -0.25) is 28.9 Å². The minimum atomic E-state index is -1.17. The Morgan fingerprint density at radius 2 is 1.37 bits per heavy atom. The van der Waals surface area contributed by atoms with Crippen molar-refractivity contribution in [1.82, 2.24) is 25.8 Å². The lowest BCUT2D eigenvalue weighted by molar-refractivity contribution is -0.149. The van der Waals surface area contributed by atoms with E-state index in [2.05, 4.69) is 16.0 Å². The highest BCUT2D eigenvalue weighted by atomic mass is 16.6. The molecular weight excluding hydrogens is 690 g/mol. The lowest BCUT2D eigenvalue weighted by Gasteiger charge is -2.34. The van der Waals surface area contributed by atoms with Crippen molar-refractivity contribution in [3.63, 3.8) is 0 Å². The molecule has 0 radical (unpaired) electrons. The van der Waals surface area contributed by atoms with Crippen LogP contribution in [0.4, 0.5) is 0 Å². The third-order valence-electron chi connectivity index (χ3n) is 9.83. The average Bonchev–Trinajstić information content (AvgIpc) is 3.91. The normalized spacial score (nSPS) is 19.3. The van der Waals surface area contributed by atoms with Gasteiger partial charge in [-0.1, -0.05) is 88.4 Å². The number of hydrogen-bond donors (Lipinski definition) is 4. The van der Waals surface area contributed by atoms with Gasteiger partial charge < -0.3 is 35.4 Å². The zero-order valence-electron chi connectivity index (χ0n) is 32.4. The van der Waals surface area contributed by atoms with Gasteiger partial charge in [-0.2, -0.15) is 0 Å². The zero-order chi connectivity index (χ0) is 39.3. The van der Waals surface area contributed by atoms with E-state index in [9.17, 15) is 29.1 Å². The number of carbonyl (C=O) groups is 5. The van der Waals surface area contributed by atoms with Gasteiger partial charge in [-0.25, -0.2) is 0 Å². The molecule has 0 unspecified atom stereocenters. The highest BCUT2D eigenvalue weighted by Gasteiger charge is 2.50. The molecule has 13 heteroatoms. The zero-order valence-corrected chi connectivity index (χ0v) is 32.4. The van der Waals surface area contributed by atoms with Crippen LogP contribution in [0, 0.1) is 11.8 Å². The maximum Gasteiger partial charge on any atom is 0.247 e. The number of ether oxygens (including phenoxy) is 2. The van der Waals surface area contributed by atoms with E-state index in [1.807, 2.05) is 93.3 Å². The van der Waals surface area contributed by atoms with Crippen LogP contribution in [-0.2, 0) is 46.3 Å². The number of morpholine rings is 1. The molecule has 54 heavy (non-hydrogen) atoms. The van der Waals surface area contributed by atoms with Crippen molar-refractivity contribution in [3.05, 3.63) is 71.8 Å². The molecule has 2 aromatic rings. The summed E-state index contributed by atoms with van der Waals surface area (Å²) in [6.45, 7) is 11.2. The molecule has 0 aromatic heterocycles. The van der Waals surface area contributed by atoms with Gasteiger partial charge in [0.25, 0.3) is 0 Å². The first kappa shape index (κ1) is 42.6. The third kappa shape index (κ3) is 13.0. The number of Topliss-reactive ketones (excluding diaryl/α,β-unsaturated/α-hetero) is 1. The Kier molecular flexibility index (Phi) is 16.2. The Balaban J connectivity index is 1.58. The van der Waals surface area contributed by atoms with Gasteiger partial charge in [0.2, 0.25) is 23.6 Å². The van der Waals surface area contributed by atoms with Crippen molar-refractivity contribution in [3.8, 4) is 0 Å². The molecule has 2 heterocycles. The molecule has 4 N–H and O–H groups in total. The number of epoxide rings is 1. The molecule has 296 valence electrons. The number of amides is 4. The van der Waals surface area contributed by atoms with E-state index >= 15 is 0 Å². The van der Waals surface area contributed by atoms with Gasteiger partial charge in [0, 0.05) is 19.5 Å². The summed E-state index contributed by atoms with van der Waals surface area (Å²) >= 11 is 0. The summed E-state index contributed by atoms with van der Waals surface area (Å²) in [5, 5.41) is 19.4. The first-order chi connectivity index (χ1) is 25.8. The van der Waals surface area contributed by atoms with E-state index in [-0.39, 0.29) is 55.9 Å². The van der Waals surface area contributed by atoms with E-state index in [0.717, 1.165) is 16.0 Å². The molecule has 13 nitrogen and oxygen atoms in total. The summed E-state index contributed by atoms with van der Waals surface area (Å²) in [4.78, 5) is 72.5. The van der Waals surface area contributed by atoms with E-state index in [1.165, 1.54) is 0 Å². The average molecular weight is 750 g/mol. The Labute approximate surface area is 319 Å². The molecule has 5 atom stereocenters. The molecule has 2 aliphatic heterocycles. The molecule has 2 aliphatic rings. The minimum Gasteiger partial charge on any atom is -0.379 e. The van der Waals surface area contributed by atoms with Gasteiger partial charge >= 0.3 is 0 Å². The second-order valence-electron chi connectivity index (χ2n) is 15.5. The summed E-state index contributed by atoms with van der Waals surface area (Å²) in [7, 11) is 0. The summed E-state index contributed by atoms with van der Waals surface area (Å²) < 4.78 is 10.8. The largest absolute Gasteiger partial charge is 0.379 e. The number of rotatable bonds is 21. The molecular formula is C41H59N5O8. The van der Waals surface area contributed by atoms with Gasteiger partial charge in [0.05, 0.1) is 32.4 Å². The predicted molar refractivity (Wildman–Crippen MR) is 204 cm³/mol. The van der Waals surface area contributed by atoms with Crippen molar-refractivity contribution in [2.75, 3.05) is 46.2 Å². The smallest absolute Gasteiger partial charge is 0.247 e. The van der Waals surface area contributed by atoms with Crippen molar-refractivity contribution in [1.29, 1.82) is 0 Å². The standard InChI is InChI=1S/C41H59N5O8/c1-28(2)22-33(37(49)41(5)26-54-41)43-38(50)34(24-31-14-10-7-11-15-31)44-39(51)35(23-29(3)4)46(27-47)40(52)32(17-16-30-12-8-6-9-13-30)42-36(48)25-45-18-20-53-21-19-45/h6-15,28-29,32-35,47H,16-27H2,1-5H3,(H,42,48)(H,43,50)(H,44,51)/t32-,33-,34-,35-,41+/m0/s1. The first-order valence-electron chi connectivity index (χ1n) is 19.2. The number of nitrogens with one attached hydrogen (secondary N) is 3. The molecule has 2 aromatic carbocycles. The van der Waals surface area contributed by atoms with Crippen LogP contribution < -0.4 is 16.0 Å². The van der Waals surface area contributed by atoms with Gasteiger partial charge in [0.1, 0.15) is 30.5 Å². The number of aryl methyl sites for hydroxylation is 1. The highest BCUT2D eigenvalue weighted by molar-refractivity contribution is 5.98. The van der Waals surface area contributed by atoms with Crippen molar-refractivity contribution in [2.45, 2.75) is 96.5 Å². The van der Waals surface area contributed by atoms with E-state index < -0.39 is 54.2 Å². The van der Waals surface area contributed by atoms with Crippen molar-refractivity contribution < 1.29 is 38.6 Å². The van der Waals surface area contributed by atoms with E-state index in [4.69, 9.17) is 9.47 Å². The summed E-state index contributed by atoms with van der Waals surface area (Å²) in [5.41, 5.74) is 0.793. The number of hydrogen-bond acceptors (Lipinski definition) is 9. The fraction of sp³-hybridized carbons (Fsp3) is 0.585. The lowest BCUT2D eigenvalue weighted by Crippen LogP contribution is -2.60. The Morgan fingerprint density at radius 1 is 0.796 bits per heavy atom. The number of ketones is 1. The van der Waals surface area contributed by atoms with Crippen LogP contribution in [0.1, 0.15) is 65.0 Å². The molecule has 4 amide bonds. The molecule has 2 saturated heterocycles. The fourth-order valence-corrected chi connectivity index (χ4v) is 6.68. The Hall–Kier alpha value is -4.17. The summed E-state index contributed by atoms with van der Waals surface area (Å²) in [6, 6.07) is 14.6. The topological polar surface area (TPSA) is 170 Å². The first-order valence-corrected chi connectivity index (χ1v) is 19.2. The predicted octanol–water partition coefficient (Wildman–Crippen LogP) is 2.25. The van der Waals surface area contributed by atoms with E-state index in [1.54, 1.807) is 6.92 Å². The molecule has 4 rings (SSSR count). The van der Waals surface area contributed by atoms with Gasteiger partial charge in [0.15, 0.2) is 5.78 Å². The SMILES string of the molecule is CC(C)C[C@H](NC(=O)[C@H](Cc1ccccc1)NC(=O)[C@H](CC(C)C)N(CO)C(=O)[C@H](CCc1ccccc1)NC(=O)CN1CCOCC1)C(=O)[C@@]1(C)CO1. The molecule has 0 bridgehead atoms. The van der Waals surface area contributed by atoms with Crippen molar-refractivity contribution >= 4 is 29.4 Å². The maximum atomic E-state index is 14.4. The monoisotopic (exact) mass is 749 g/mol. The van der Waals surface area contributed by atoms with Gasteiger partial charge in [-0.15, -0.1) is 0 Å². The van der Waals surface area contributed by atoms with Crippen LogP contribution in [0.15, 0.2) is 60.7 Å². The maximum absolute atomic E-state index is 14.4. The van der Waals surface area contributed by atoms with Crippen LogP contribution in [0.25, 0.3) is 0 Å². The Bertz CT molecular complexity index is 1530. The van der Waals surface area contributed by atoms with Gasteiger partial charge in [-0.05, 0) is 55.6 Å². The number of nitrogens with zero attached hydrogens (tertiary/aromatic N) is 2. The second kappa shape index (κ2) is 20.5. The molecule has 0 spiro atoms. The number of aliphatic hydroxyl groups excluding tert-OH is 1. The molecule has 0 saturated carbocycles. The van der Waals surface area contributed by atoms with Crippen LogP contribution >= 0.6 is 0 Å². The Morgan fingerprint density at radius 3 is 1.93 bits per heavy atom. The summed E-state index contributed by atoms with van der Waals surface area (Å²) in [6.07, 6.45) is 1.38. The van der Waals surface area contributed by atoms with E-state index in [0.29, 0.717) is 39.1 Å². The van der Waals surface area contributed by atoms with Crippen molar-refractivity contribution in [2.24, 2.45) is 11.8 Å². The quantitative estimate of drug-likeness (QED) is 0.111.